The van der Waals surface area contributed by atoms with Crippen LogP contribution in [0.15, 0.2) is 53.4 Å². The zero-order valence-electron chi connectivity index (χ0n) is 13.1. The van der Waals surface area contributed by atoms with Crippen LogP contribution >= 0.6 is 0 Å². The van der Waals surface area contributed by atoms with Gasteiger partial charge in [-0.1, -0.05) is 23.8 Å². The summed E-state index contributed by atoms with van der Waals surface area (Å²) in [7, 11) is -0.980. The molecular weight excluding hydrogens is 316 g/mol. The number of nitrogens with zero attached hydrogens (tertiary/aromatic N) is 1. The molecule has 1 amide bonds. The zero-order chi connectivity index (χ0) is 17.0. The van der Waals surface area contributed by atoms with Crippen LogP contribution in [0.5, 0.6) is 0 Å². The van der Waals surface area contributed by atoms with Crippen LogP contribution in [0, 0.1) is 6.92 Å². The molecule has 0 saturated carbocycles. The van der Waals surface area contributed by atoms with Crippen molar-refractivity contribution in [2.75, 3.05) is 18.5 Å². The maximum atomic E-state index is 12.7. The summed E-state index contributed by atoms with van der Waals surface area (Å²) in [6.07, 6.45) is 0. The Kier molecular flexibility index (Phi) is 5.02. The highest BCUT2D eigenvalue weighted by molar-refractivity contribution is 7.92. The molecule has 0 aliphatic heterocycles. The van der Waals surface area contributed by atoms with Crippen molar-refractivity contribution in [3.63, 3.8) is 0 Å². The van der Waals surface area contributed by atoms with E-state index in [1.54, 1.807) is 12.1 Å². The molecule has 2 rings (SSSR count). The van der Waals surface area contributed by atoms with E-state index in [4.69, 9.17) is 0 Å². The smallest absolute Gasteiger partial charge is 0.274 e. The molecule has 0 fully saturated rings. The first-order valence-corrected chi connectivity index (χ1v) is 8.29. The Hall–Kier alpha value is -2.38. The molecule has 0 heterocycles. The van der Waals surface area contributed by atoms with E-state index in [-0.39, 0.29) is 10.5 Å². The molecule has 0 unspecified atom stereocenters. The van der Waals surface area contributed by atoms with Gasteiger partial charge in [-0.3, -0.25) is 13.9 Å². The molecule has 7 heteroatoms. The molecule has 0 atom stereocenters. The van der Waals surface area contributed by atoms with Crippen LogP contribution in [0.4, 0.5) is 5.69 Å². The molecule has 1 N–H and O–H groups in total. The summed E-state index contributed by atoms with van der Waals surface area (Å²) in [6, 6.07) is 12.9. The van der Waals surface area contributed by atoms with Gasteiger partial charge in [0.15, 0.2) is 0 Å². The third-order valence-electron chi connectivity index (χ3n) is 3.35. The van der Waals surface area contributed by atoms with Gasteiger partial charge in [0, 0.05) is 12.6 Å². The Morgan fingerprint density at radius 2 is 1.78 bits per heavy atom. The Balaban J connectivity index is 2.37. The molecular formula is C16H18N2O4S. The summed E-state index contributed by atoms with van der Waals surface area (Å²) in [6.45, 7) is 1.93. The number of benzene rings is 2. The maximum absolute atomic E-state index is 12.7. The van der Waals surface area contributed by atoms with Gasteiger partial charge in [0.05, 0.1) is 17.7 Å². The summed E-state index contributed by atoms with van der Waals surface area (Å²) in [4.78, 5) is 16.3. The van der Waals surface area contributed by atoms with E-state index in [2.05, 4.69) is 10.3 Å². The Morgan fingerprint density at radius 1 is 1.13 bits per heavy atom. The molecule has 0 spiro atoms. The molecule has 0 aromatic heterocycles. The number of anilines is 1. The Bertz CT molecular complexity index is 801. The van der Waals surface area contributed by atoms with Crippen molar-refractivity contribution in [1.82, 2.24) is 5.48 Å². The highest BCUT2D eigenvalue weighted by Gasteiger charge is 2.22. The molecule has 0 saturated heterocycles. The summed E-state index contributed by atoms with van der Waals surface area (Å²) in [5.41, 5.74) is 3.94. The van der Waals surface area contributed by atoms with Crippen LogP contribution in [-0.4, -0.2) is 28.5 Å². The van der Waals surface area contributed by atoms with Crippen LogP contribution in [-0.2, 0) is 14.9 Å². The monoisotopic (exact) mass is 334 g/mol. The predicted molar refractivity (Wildman–Crippen MR) is 87.7 cm³/mol. The number of sulfonamides is 1. The lowest BCUT2D eigenvalue weighted by Crippen LogP contribution is -2.27. The van der Waals surface area contributed by atoms with Gasteiger partial charge in [0.1, 0.15) is 0 Å². The third-order valence-corrected chi connectivity index (χ3v) is 5.13. The zero-order valence-corrected chi connectivity index (χ0v) is 13.9. The average Bonchev–Trinajstić information content (AvgIpc) is 2.55. The number of rotatable bonds is 5. The summed E-state index contributed by atoms with van der Waals surface area (Å²) in [5, 5.41) is 0. The second kappa shape index (κ2) is 6.80. The fraction of sp³-hybridized carbons (Fsp3) is 0.188. The van der Waals surface area contributed by atoms with Crippen molar-refractivity contribution < 1.29 is 18.0 Å². The van der Waals surface area contributed by atoms with Crippen molar-refractivity contribution in [1.29, 1.82) is 0 Å². The molecule has 6 nitrogen and oxygen atoms in total. The number of nitrogens with one attached hydrogen (secondary N) is 1. The lowest BCUT2D eigenvalue weighted by molar-refractivity contribution is 0.0537. The number of amides is 1. The first kappa shape index (κ1) is 17.0. The minimum Gasteiger partial charge on any atom is -0.277 e. The summed E-state index contributed by atoms with van der Waals surface area (Å²) < 4.78 is 26.6. The summed E-state index contributed by atoms with van der Waals surface area (Å²) >= 11 is 0. The minimum atomic E-state index is -3.76. The summed E-state index contributed by atoms with van der Waals surface area (Å²) in [5.74, 6) is -0.512. The van der Waals surface area contributed by atoms with Crippen LogP contribution < -0.4 is 9.79 Å². The third kappa shape index (κ3) is 3.69. The number of hydroxylamine groups is 1. The molecule has 23 heavy (non-hydrogen) atoms. The fourth-order valence-electron chi connectivity index (χ4n) is 2.00. The number of hydrogen-bond acceptors (Lipinski definition) is 4. The van der Waals surface area contributed by atoms with Gasteiger partial charge in [-0.15, -0.1) is 0 Å². The van der Waals surface area contributed by atoms with Gasteiger partial charge in [0.25, 0.3) is 15.9 Å². The van der Waals surface area contributed by atoms with E-state index in [0.717, 1.165) is 5.56 Å². The highest BCUT2D eigenvalue weighted by atomic mass is 32.2. The quantitative estimate of drug-likeness (QED) is 0.850. The predicted octanol–water partition coefficient (Wildman–Crippen LogP) is 2.11. The van der Waals surface area contributed by atoms with E-state index >= 15 is 0 Å². The van der Waals surface area contributed by atoms with Crippen LogP contribution in [0.1, 0.15) is 15.9 Å². The van der Waals surface area contributed by atoms with Crippen molar-refractivity contribution >= 4 is 21.6 Å². The molecule has 0 bridgehead atoms. The Labute approximate surface area is 135 Å². The molecule has 2 aromatic rings. The SMILES string of the molecule is CONC(=O)c1cccc(S(=O)(=O)N(C)c2ccc(C)cc2)c1. The standard InChI is InChI=1S/C16H18N2O4S/c1-12-7-9-14(10-8-12)18(2)23(20,21)15-6-4-5-13(11-15)16(19)17-22-3/h4-11H,1-3H3,(H,17,19). The lowest BCUT2D eigenvalue weighted by Gasteiger charge is -2.20. The largest absolute Gasteiger partial charge is 0.277 e. The van der Waals surface area contributed by atoms with Crippen molar-refractivity contribution in [2.24, 2.45) is 0 Å². The number of carbonyl (C=O) groups is 1. The molecule has 0 aliphatic rings. The van der Waals surface area contributed by atoms with E-state index in [0.29, 0.717) is 5.69 Å². The van der Waals surface area contributed by atoms with E-state index < -0.39 is 15.9 Å². The van der Waals surface area contributed by atoms with Crippen molar-refractivity contribution in [3.8, 4) is 0 Å². The first-order chi connectivity index (χ1) is 10.9. The maximum Gasteiger partial charge on any atom is 0.274 e. The molecule has 0 radical (unpaired) electrons. The topological polar surface area (TPSA) is 75.7 Å². The van der Waals surface area contributed by atoms with Crippen LogP contribution in [0.3, 0.4) is 0 Å². The number of aryl methyl sites for hydroxylation is 1. The normalized spacial score (nSPS) is 11.1. The second-order valence-electron chi connectivity index (χ2n) is 4.97. The van der Waals surface area contributed by atoms with Gasteiger partial charge in [0.2, 0.25) is 0 Å². The van der Waals surface area contributed by atoms with Crippen molar-refractivity contribution in [2.45, 2.75) is 11.8 Å². The average molecular weight is 334 g/mol. The van der Waals surface area contributed by atoms with E-state index in [1.807, 2.05) is 19.1 Å². The van der Waals surface area contributed by atoms with E-state index in [1.165, 1.54) is 42.7 Å². The molecule has 2 aromatic carbocycles. The van der Waals surface area contributed by atoms with Crippen LogP contribution in [0.25, 0.3) is 0 Å². The second-order valence-corrected chi connectivity index (χ2v) is 6.94. The van der Waals surface area contributed by atoms with Gasteiger partial charge >= 0.3 is 0 Å². The Morgan fingerprint density at radius 3 is 2.39 bits per heavy atom. The van der Waals surface area contributed by atoms with Crippen molar-refractivity contribution in [3.05, 3.63) is 59.7 Å². The number of hydrogen-bond donors (Lipinski definition) is 1. The van der Waals surface area contributed by atoms with Crippen LogP contribution in [0.2, 0.25) is 0 Å². The van der Waals surface area contributed by atoms with Gasteiger partial charge < -0.3 is 0 Å². The highest BCUT2D eigenvalue weighted by Crippen LogP contribution is 2.23. The fourth-order valence-corrected chi connectivity index (χ4v) is 3.24. The molecule has 0 aliphatic carbocycles. The first-order valence-electron chi connectivity index (χ1n) is 6.85. The van der Waals surface area contributed by atoms with E-state index in [9.17, 15) is 13.2 Å². The van der Waals surface area contributed by atoms with Gasteiger partial charge in [-0.2, -0.15) is 0 Å². The minimum absolute atomic E-state index is 0.0318. The molecule has 122 valence electrons. The lowest BCUT2D eigenvalue weighted by atomic mass is 10.2. The number of carbonyl (C=O) groups excluding carboxylic acids is 1. The van der Waals surface area contributed by atoms with Gasteiger partial charge in [-0.05, 0) is 37.3 Å². The van der Waals surface area contributed by atoms with Gasteiger partial charge in [-0.25, -0.2) is 13.9 Å².